The Kier molecular flexibility index (Phi) is 4.61. The lowest BCUT2D eigenvalue weighted by Crippen LogP contribution is -2.27. The van der Waals surface area contributed by atoms with Crippen LogP contribution in [0.2, 0.25) is 0 Å². The molecule has 4 rings (SSSR count). The minimum absolute atomic E-state index is 0.186. The third kappa shape index (κ3) is 3.84. The summed E-state index contributed by atoms with van der Waals surface area (Å²) in [5.74, 6) is 0.690. The minimum atomic E-state index is -0.642. The van der Waals surface area contributed by atoms with Crippen molar-refractivity contribution in [1.29, 1.82) is 0 Å². The number of carbonyl (C=O) groups excluding carboxylic acids is 1. The van der Waals surface area contributed by atoms with E-state index in [2.05, 4.69) is 10.6 Å². The first-order valence-electron chi connectivity index (χ1n) is 8.46. The normalized spacial score (nSPS) is 13.1. The summed E-state index contributed by atoms with van der Waals surface area (Å²) in [5, 5.41) is 6.05. The summed E-state index contributed by atoms with van der Waals surface area (Å²) in [5.41, 5.74) is 2.05. The van der Waals surface area contributed by atoms with Crippen molar-refractivity contribution in [3.05, 3.63) is 84.2 Å². The van der Waals surface area contributed by atoms with Gasteiger partial charge >= 0.3 is 0 Å². The SMILES string of the molecule is O=C(Nc1ccc(F)cc1)[C@@H](Nc1ccc2c(c1)OCO2)c1ccccc1. The van der Waals surface area contributed by atoms with E-state index < -0.39 is 6.04 Å². The van der Waals surface area contributed by atoms with Gasteiger partial charge in [0.05, 0.1) is 0 Å². The van der Waals surface area contributed by atoms with Gasteiger partial charge in [0.2, 0.25) is 6.79 Å². The zero-order chi connectivity index (χ0) is 18.6. The third-order valence-electron chi connectivity index (χ3n) is 4.19. The fraction of sp³-hybridized carbons (Fsp3) is 0.0952. The third-order valence-corrected chi connectivity index (χ3v) is 4.19. The molecule has 1 atom stereocenters. The van der Waals surface area contributed by atoms with Gasteiger partial charge < -0.3 is 20.1 Å². The molecule has 0 aliphatic carbocycles. The number of halogens is 1. The fourth-order valence-corrected chi connectivity index (χ4v) is 2.85. The maximum absolute atomic E-state index is 13.1. The number of nitrogens with one attached hydrogen (secondary N) is 2. The maximum Gasteiger partial charge on any atom is 0.251 e. The van der Waals surface area contributed by atoms with Crippen molar-refractivity contribution < 1.29 is 18.7 Å². The number of amides is 1. The molecule has 2 N–H and O–H groups in total. The Morgan fingerprint density at radius 2 is 1.59 bits per heavy atom. The second kappa shape index (κ2) is 7.37. The number of fused-ring (bicyclic) bond motifs is 1. The van der Waals surface area contributed by atoms with Crippen molar-refractivity contribution in [1.82, 2.24) is 0 Å². The minimum Gasteiger partial charge on any atom is -0.454 e. The largest absolute Gasteiger partial charge is 0.454 e. The van der Waals surface area contributed by atoms with Crippen LogP contribution < -0.4 is 20.1 Å². The van der Waals surface area contributed by atoms with Gasteiger partial charge in [0.25, 0.3) is 5.91 Å². The molecule has 0 fully saturated rings. The zero-order valence-electron chi connectivity index (χ0n) is 14.3. The second-order valence-corrected chi connectivity index (χ2v) is 6.05. The smallest absolute Gasteiger partial charge is 0.251 e. The van der Waals surface area contributed by atoms with Gasteiger partial charge in [-0.1, -0.05) is 30.3 Å². The van der Waals surface area contributed by atoms with E-state index in [1.807, 2.05) is 36.4 Å². The van der Waals surface area contributed by atoms with E-state index in [4.69, 9.17) is 9.47 Å². The number of benzene rings is 3. The van der Waals surface area contributed by atoms with Gasteiger partial charge in [-0.15, -0.1) is 0 Å². The Morgan fingerprint density at radius 3 is 2.37 bits per heavy atom. The molecule has 27 heavy (non-hydrogen) atoms. The average Bonchev–Trinajstić information content (AvgIpc) is 3.16. The molecule has 3 aromatic rings. The first-order chi connectivity index (χ1) is 13.2. The molecule has 1 aliphatic heterocycles. The highest BCUT2D eigenvalue weighted by atomic mass is 19.1. The van der Waals surface area contributed by atoms with Gasteiger partial charge in [0.1, 0.15) is 11.9 Å². The van der Waals surface area contributed by atoms with E-state index in [1.165, 1.54) is 24.3 Å². The van der Waals surface area contributed by atoms with Crippen LogP contribution in [0.4, 0.5) is 15.8 Å². The van der Waals surface area contributed by atoms with E-state index in [9.17, 15) is 9.18 Å². The summed E-state index contributed by atoms with van der Waals surface area (Å²) in [4.78, 5) is 12.9. The molecule has 136 valence electrons. The molecule has 0 saturated carbocycles. The van der Waals surface area contributed by atoms with Crippen LogP contribution in [0.15, 0.2) is 72.8 Å². The molecular weight excluding hydrogens is 347 g/mol. The quantitative estimate of drug-likeness (QED) is 0.707. The summed E-state index contributed by atoms with van der Waals surface area (Å²) in [6, 6.07) is 19.8. The Hall–Kier alpha value is -3.54. The second-order valence-electron chi connectivity index (χ2n) is 6.05. The lowest BCUT2D eigenvalue weighted by Gasteiger charge is -2.20. The van der Waals surface area contributed by atoms with Crippen LogP contribution in [-0.2, 0) is 4.79 Å². The van der Waals surface area contributed by atoms with Crippen LogP contribution in [0.5, 0.6) is 11.5 Å². The Bertz CT molecular complexity index is 945. The highest BCUT2D eigenvalue weighted by Gasteiger charge is 2.22. The summed E-state index contributed by atoms with van der Waals surface area (Å²) in [6.45, 7) is 0.186. The summed E-state index contributed by atoms with van der Waals surface area (Å²) >= 11 is 0. The molecule has 1 aliphatic rings. The molecule has 0 saturated heterocycles. The van der Waals surface area contributed by atoms with E-state index in [1.54, 1.807) is 12.1 Å². The van der Waals surface area contributed by atoms with Crippen molar-refractivity contribution in [3.8, 4) is 11.5 Å². The standard InChI is InChI=1S/C21H17FN2O3/c22-15-6-8-16(9-7-15)24-21(25)20(14-4-2-1-3-5-14)23-17-10-11-18-19(12-17)27-13-26-18/h1-12,20,23H,13H2,(H,24,25)/t20-/m0/s1. The van der Waals surface area contributed by atoms with Crippen LogP contribution in [0.1, 0.15) is 11.6 Å². The fourth-order valence-electron chi connectivity index (χ4n) is 2.85. The number of ether oxygens (including phenoxy) is 2. The van der Waals surface area contributed by atoms with Crippen LogP contribution in [0.25, 0.3) is 0 Å². The predicted octanol–water partition coefficient (Wildman–Crippen LogP) is 4.35. The van der Waals surface area contributed by atoms with Crippen molar-refractivity contribution >= 4 is 17.3 Å². The summed E-state index contributed by atoms with van der Waals surface area (Å²) in [7, 11) is 0. The number of rotatable bonds is 5. The molecule has 0 spiro atoms. The Balaban J connectivity index is 1.59. The monoisotopic (exact) mass is 364 g/mol. The summed E-state index contributed by atoms with van der Waals surface area (Å²) in [6.07, 6.45) is 0. The van der Waals surface area contributed by atoms with E-state index in [0.717, 1.165) is 11.3 Å². The van der Waals surface area contributed by atoms with Crippen molar-refractivity contribution in [2.75, 3.05) is 17.4 Å². The van der Waals surface area contributed by atoms with Gasteiger partial charge in [-0.2, -0.15) is 0 Å². The average molecular weight is 364 g/mol. The van der Waals surface area contributed by atoms with Crippen LogP contribution in [0.3, 0.4) is 0 Å². The van der Waals surface area contributed by atoms with Gasteiger partial charge in [0.15, 0.2) is 11.5 Å². The van der Waals surface area contributed by atoms with Crippen molar-refractivity contribution in [2.45, 2.75) is 6.04 Å². The highest BCUT2D eigenvalue weighted by molar-refractivity contribution is 5.97. The number of carbonyl (C=O) groups is 1. The zero-order valence-corrected chi connectivity index (χ0v) is 14.3. The number of anilines is 2. The van der Waals surface area contributed by atoms with Crippen molar-refractivity contribution in [3.63, 3.8) is 0 Å². The molecule has 0 aromatic heterocycles. The van der Waals surface area contributed by atoms with Gasteiger partial charge in [-0.3, -0.25) is 4.79 Å². The molecule has 1 amide bonds. The lowest BCUT2D eigenvalue weighted by atomic mass is 10.1. The van der Waals surface area contributed by atoms with Gasteiger partial charge in [0, 0.05) is 17.4 Å². The van der Waals surface area contributed by atoms with Crippen molar-refractivity contribution in [2.24, 2.45) is 0 Å². The van der Waals surface area contributed by atoms with E-state index >= 15 is 0 Å². The van der Waals surface area contributed by atoms with E-state index in [0.29, 0.717) is 17.2 Å². The molecule has 5 nitrogen and oxygen atoms in total. The Morgan fingerprint density at radius 1 is 0.889 bits per heavy atom. The van der Waals surface area contributed by atoms with Crippen LogP contribution >= 0.6 is 0 Å². The maximum atomic E-state index is 13.1. The summed E-state index contributed by atoms with van der Waals surface area (Å²) < 4.78 is 23.8. The molecule has 6 heteroatoms. The topological polar surface area (TPSA) is 59.6 Å². The van der Waals surface area contributed by atoms with Gasteiger partial charge in [-0.05, 0) is 42.0 Å². The lowest BCUT2D eigenvalue weighted by molar-refractivity contribution is -0.117. The molecule has 0 radical (unpaired) electrons. The number of hydrogen-bond donors (Lipinski definition) is 2. The molecular formula is C21H17FN2O3. The van der Waals surface area contributed by atoms with Crippen LogP contribution in [0, 0.1) is 5.82 Å². The molecule has 0 bridgehead atoms. The van der Waals surface area contributed by atoms with E-state index in [-0.39, 0.29) is 18.5 Å². The Labute approximate surface area is 155 Å². The highest BCUT2D eigenvalue weighted by Crippen LogP contribution is 2.35. The number of hydrogen-bond acceptors (Lipinski definition) is 4. The van der Waals surface area contributed by atoms with Gasteiger partial charge in [-0.25, -0.2) is 4.39 Å². The molecule has 0 unspecified atom stereocenters. The first kappa shape index (κ1) is 16.9. The molecule has 1 heterocycles. The van der Waals surface area contributed by atoms with Crippen LogP contribution in [-0.4, -0.2) is 12.7 Å². The first-order valence-corrected chi connectivity index (χ1v) is 8.46. The predicted molar refractivity (Wildman–Crippen MR) is 100 cm³/mol. The molecule has 3 aromatic carbocycles.